The largest absolute Gasteiger partial charge is 0.481 e. The van der Waals surface area contributed by atoms with Crippen molar-refractivity contribution < 1.29 is 14.6 Å². The highest BCUT2D eigenvalue weighted by Gasteiger charge is 2.22. The van der Waals surface area contributed by atoms with Crippen LogP contribution in [0.3, 0.4) is 0 Å². The van der Waals surface area contributed by atoms with Crippen LogP contribution >= 0.6 is 0 Å². The van der Waals surface area contributed by atoms with Gasteiger partial charge in [0.25, 0.3) is 0 Å². The van der Waals surface area contributed by atoms with E-state index in [0.29, 0.717) is 5.88 Å². The number of hydrogen-bond donors (Lipinski definition) is 2. The lowest BCUT2D eigenvalue weighted by Gasteiger charge is -2.17. The molecule has 0 unspecified atom stereocenters. The number of carboxylic acid groups (broad SMARTS) is 1. The van der Waals surface area contributed by atoms with E-state index in [9.17, 15) is 4.79 Å². The molecule has 2 N–H and O–H groups in total. The second-order valence-electron chi connectivity index (χ2n) is 3.63. The summed E-state index contributed by atoms with van der Waals surface area (Å²) in [6, 6.07) is 0.878. The summed E-state index contributed by atoms with van der Waals surface area (Å²) in [6.45, 7) is 3.62. The number of carbonyl (C=O) groups is 1. The number of ether oxygens (including phenoxy) is 1. The van der Waals surface area contributed by atoms with Crippen molar-refractivity contribution >= 4 is 11.9 Å². The third-order valence-electron chi connectivity index (χ3n) is 2.06. The SMILES string of the molecule is COc1ccnc(N[C@H](C(=O)O)C(C)C)n1. The number of anilines is 1. The molecule has 6 nitrogen and oxygen atoms in total. The molecular weight excluding hydrogens is 210 g/mol. The molecule has 0 aliphatic carbocycles. The summed E-state index contributed by atoms with van der Waals surface area (Å²) >= 11 is 0. The Bertz CT molecular complexity index is 368. The van der Waals surface area contributed by atoms with Crippen LogP contribution in [0, 0.1) is 5.92 Å². The highest BCUT2D eigenvalue weighted by atomic mass is 16.5. The van der Waals surface area contributed by atoms with Crippen LogP contribution in [0.4, 0.5) is 5.95 Å². The highest BCUT2D eigenvalue weighted by Crippen LogP contribution is 2.11. The van der Waals surface area contributed by atoms with E-state index in [1.54, 1.807) is 6.07 Å². The lowest BCUT2D eigenvalue weighted by Crippen LogP contribution is -2.34. The van der Waals surface area contributed by atoms with Crippen LogP contribution in [-0.2, 0) is 4.79 Å². The minimum absolute atomic E-state index is 0.0627. The van der Waals surface area contributed by atoms with E-state index in [1.807, 2.05) is 13.8 Å². The molecule has 0 aliphatic heterocycles. The Labute approximate surface area is 93.7 Å². The fraction of sp³-hybridized carbons (Fsp3) is 0.500. The molecular formula is C10H15N3O3. The van der Waals surface area contributed by atoms with Gasteiger partial charge in [-0.25, -0.2) is 9.78 Å². The Balaban J connectivity index is 2.81. The molecule has 1 atom stereocenters. The smallest absolute Gasteiger partial charge is 0.326 e. The van der Waals surface area contributed by atoms with Gasteiger partial charge in [0.2, 0.25) is 11.8 Å². The van der Waals surface area contributed by atoms with Crippen molar-refractivity contribution in [3.63, 3.8) is 0 Å². The van der Waals surface area contributed by atoms with Gasteiger partial charge in [-0.2, -0.15) is 4.98 Å². The van der Waals surface area contributed by atoms with Crippen molar-refractivity contribution in [1.82, 2.24) is 9.97 Å². The van der Waals surface area contributed by atoms with E-state index >= 15 is 0 Å². The number of methoxy groups -OCH3 is 1. The van der Waals surface area contributed by atoms with Crippen LogP contribution < -0.4 is 10.1 Å². The normalized spacial score (nSPS) is 12.2. The van der Waals surface area contributed by atoms with Gasteiger partial charge in [0.1, 0.15) is 6.04 Å². The molecule has 0 bridgehead atoms. The maximum absolute atomic E-state index is 11.0. The van der Waals surface area contributed by atoms with Gasteiger partial charge in [0.05, 0.1) is 7.11 Å². The summed E-state index contributed by atoms with van der Waals surface area (Å²) in [6.07, 6.45) is 1.51. The molecule has 88 valence electrons. The highest BCUT2D eigenvalue weighted by molar-refractivity contribution is 5.76. The molecule has 0 aliphatic rings. The van der Waals surface area contributed by atoms with Crippen LogP contribution in [-0.4, -0.2) is 34.2 Å². The third-order valence-corrected chi connectivity index (χ3v) is 2.06. The first-order chi connectivity index (χ1) is 7.54. The van der Waals surface area contributed by atoms with Gasteiger partial charge in [-0.3, -0.25) is 0 Å². The fourth-order valence-electron chi connectivity index (χ4n) is 1.18. The van der Waals surface area contributed by atoms with E-state index in [1.165, 1.54) is 13.3 Å². The van der Waals surface area contributed by atoms with Crippen molar-refractivity contribution in [3.05, 3.63) is 12.3 Å². The summed E-state index contributed by atoms with van der Waals surface area (Å²) in [5.41, 5.74) is 0. The van der Waals surface area contributed by atoms with E-state index in [2.05, 4.69) is 15.3 Å². The number of carboxylic acids is 1. The Morgan fingerprint density at radius 2 is 2.25 bits per heavy atom. The molecule has 1 aromatic heterocycles. The number of aliphatic carboxylic acids is 1. The number of aromatic nitrogens is 2. The molecule has 0 aromatic carbocycles. The first kappa shape index (κ1) is 12.2. The first-order valence-electron chi connectivity index (χ1n) is 4.91. The standard InChI is InChI=1S/C10H15N3O3/c1-6(2)8(9(14)15)13-10-11-5-4-7(12-10)16-3/h4-6,8H,1-3H3,(H,14,15)(H,11,12,13)/t8-/m0/s1. The van der Waals surface area contributed by atoms with Gasteiger partial charge in [-0.1, -0.05) is 13.8 Å². The fourth-order valence-corrected chi connectivity index (χ4v) is 1.18. The van der Waals surface area contributed by atoms with Crippen LogP contribution in [0.5, 0.6) is 5.88 Å². The van der Waals surface area contributed by atoms with Gasteiger partial charge in [-0.15, -0.1) is 0 Å². The molecule has 6 heteroatoms. The lowest BCUT2D eigenvalue weighted by atomic mass is 10.1. The van der Waals surface area contributed by atoms with Gasteiger partial charge >= 0.3 is 5.97 Å². The van der Waals surface area contributed by atoms with Crippen molar-refractivity contribution in [3.8, 4) is 5.88 Å². The number of rotatable bonds is 5. The number of nitrogens with one attached hydrogen (secondary N) is 1. The lowest BCUT2D eigenvalue weighted by molar-refractivity contribution is -0.138. The molecule has 0 amide bonds. The van der Waals surface area contributed by atoms with E-state index in [0.717, 1.165) is 0 Å². The molecule has 16 heavy (non-hydrogen) atoms. The quantitative estimate of drug-likeness (QED) is 0.777. The predicted molar refractivity (Wildman–Crippen MR) is 58.5 cm³/mol. The van der Waals surface area contributed by atoms with Gasteiger partial charge in [0.15, 0.2) is 0 Å². The Kier molecular flexibility index (Phi) is 4.04. The monoisotopic (exact) mass is 225 g/mol. The summed E-state index contributed by atoms with van der Waals surface area (Å²) in [5, 5.41) is 11.7. The van der Waals surface area contributed by atoms with E-state index in [4.69, 9.17) is 9.84 Å². The second kappa shape index (κ2) is 5.29. The maximum atomic E-state index is 11.0. The topological polar surface area (TPSA) is 84.3 Å². The second-order valence-corrected chi connectivity index (χ2v) is 3.63. The first-order valence-corrected chi connectivity index (χ1v) is 4.91. The van der Waals surface area contributed by atoms with Gasteiger partial charge in [-0.05, 0) is 5.92 Å². The van der Waals surface area contributed by atoms with Crippen LogP contribution in [0.2, 0.25) is 0 Å². The molecule has 1 heterocycles. The zero-order valence-corrected chi connectivity index (χ0v) is 9.47. The predicted octanol–water partition coefficient (Wildman–Crippen LogP) is 1.01. The molecule has 0 spiro atoms. The maximum Gasteiger partial charge on any atom is 0.326 e. The molecule has 0 radical (unpaired) electrons. The summed E-state index contributed by atoms with van der Waals surface area (Å²) < 4.78 is 4.92. The van der Waals surface area contributed by atoms with Gasteiger partial charge < -0.3 is 15.2 Å². The molecule has 1 aromatic rings. The van der Waals surface area contributed by atoms with Gasteiger partial charge in [0, 0.05) is 12.3 Å². The van der Waals surface area contributed by atoms with E-state index in [-0.39, 0.29) is 11.9 Å². The Hall–Kier alpha value is -1.85. The number of nitrogens with zero attached hydrogens (tertiary/aromatic N) is 2. The summed E-state index contributed by atoms with van der Waals surface area (Å²) in [7, 11) is 1.49. The Morgan fingerprint density at radius 3 is 2.75 bits per heavy atom. The Morgan fingerprint density at radius 1 is 1.56 bits per heavy atom. The zero-order valence-electron chi connectivity index (χ0n) is 9.47. The molecule has 0 fully saturated rings. The minimum atomic E-state index is -0.929. The van der Waals surface area contributed by atoms with Crippen molar-refractivity contribution in [1.29, 1.82) is 0 Å². The third kappa shape index (κ3) is 3.08. The average molecular weight is 225 g/mol. The van der Waals surface area contributed by atoms with Crippen LogP contribution in [0.15, 0.2) is 12.3 Å². The molecule has 1 rings (SSSR count). The van der Waals surface area contributed by atoms with Crippen LogP contribution in [0.1, 0.15) is 13.8 Å². The molecule has 0 saturated heterocycles. The van der Waals surface area contributed by atoms with Crippen molar-refractivity contribution in [2.24, 2.45) is 5.92 Å². The zero-order chi connectivity index (χ0) is 12.1. The van der Waals surface area contributed by atoms with Crippen molar-refractivity contribution in [2.75, 3.05) is 12.4 Å². The average Bonchev–Trinajstić information content (AvgIpc) is 2.25. The minimum Gasteiger partial charge on any atom is -0.481 e. The molecule has 0 saturated carbocycles. The van der Waals surface area contributed by atoms with Crippen molar-refractivity contribution in [2.45, 2.75) is 19.9 Å². The number of hydrogen-bond acceptors (Lipinski definition) is 5. The summed E-state index contributed by atoms with van der Waals surface area (Å²) in [4.78, 5) is 18.9. The summed E-state index contributed by atoms with van der Waals surface area (Å²) in [5.74, 6) is -0.348. The van der Waals surface area contributed by atoms with Crippen LogP contribution in [0.25, 0.3) is 0 Å². The van der Waals surface area contributed by atoms with E-state index < -0.39 is 12.0 Å².